The van der Waals surface area contributed by atoms with Crippen molar-refractivity contribution in [1.82, 2.24) is 15.4 Å². The lowest BCUT2D eigenvalue weighted by molar-refractivity contribution is 0.0901. The van der Waals surface area contributed by atoms with E-state index in [0.29, 0.717) is 18.8 Å². The molecule has 6 nitrogen and oxygen atoms in total. The van der Waals surface area contributed by atoms with Crippen molar-refractivity contribution >= 4 is 5.91 Å². The molecule has 2 heterocycles. The molecule has 21 heavy (non-hydrogen) atoms. The summed E-state index contributed by atoms with van der Waals surface area (Å²) in [5, 5.41) is 15.6. The van der Waals surface area contributed by atoms with E-state index in [1.165, 1.54) is 0 Å². The van der Waals surface area contributed by atoms with E-state index in [9.17, 15) is 4.79 Å². The average molecular weight is 282 g/mol. The highest BCUT2D eigenvalue weighted by Gasteiger charge is 2.24. The van der Waals surface area contributed by atoms with Crippen LogP contribution in [0.5, 0.6) is 0 Å². The van der Waals surface area contributed by atoms with E-state index in [1.54, 1.807) is 11.0 Å². The highest BCUT2D eigenvalue weighted by Crippen LogP contribution is 2.18. The number of aromatic nitrogens is 1. The molecule has 1 aromatic heterocycles. The zero-order chi connectivity index (χ0) is 14.7. The fourth-order valence-electron chi connectivity index (χ4n) is 2.35. The van der Waals surface area contributed by atoms with Gasteiger partial charge in [-0.25, -0.2) is 0 Å². The smallest absolute Gasteiger partial charge is 0.290 e. The van der Waals surface area contributed by atoms with Crippen LogP contribution in [0.15, 0.2) is 40.9 Å². The molecule has 3 rings (SSSR count). The molecule has 1 aliphatic heterocycles. The summed E-state index contributed by atoms with van der Waals surface area (Å²) in [6.07, 6.45) is 2.84. The third kappa shape index (κ3) is 2.87. The third-order valence-corrected chi connectivity index (χ3v) is 3.47. The number of nitriles is 1. The van der Waals surface area contributed by atoms with Crippen molar-refractivity contribution in [2.75, 3.05) is 13.1 Å². The Labute approximate surface area is 122 Å². The molecule has 1 fully saturated rings. The molecule has 6 heteroatoms. The highest BCUT2D eigenvalue weighted by atomic mass is 16.5. The maximum absolute atomic E-state index is 12.1. The fourth-order valence-corrected chi connectivity index (χ4v) is 2.35. The van der Waals surface area contributed by atoms with Gasteiger partial charge in [0.25, 0.3) is 5.91 Å². The van der Waals surface area contributed by atoms with Gasteiger partial charge >= 0.3 is 0 Å². The van der Waals surface area contributed by atoms with Crippen LogP contribution >= 0.6 is 0 Å². The second-order valence-electron chi connectivity index (χ2n) is 4.95. The summed E-state index contributed by atoms with van der Waals surface area (Å²) in [4.78, 5) is 13.7. The minimum absolute atomic E-state index is 0.0255. The topological polar surface area (TPSA) is 82.2 Å². The van der Waals surface area contributed by atoms with Crippen molar-refractivity contribution < 1.29 is 9.32 Å². The number of nitrogens with zero attached hydrogens (tertiary/aromatic N) is 3. The van der Waals surface area contributed by atoms with Crippen molar-refractivity contribution in [3.8, 4) is 17.5 Å². The maximum atomic E-state index is 12.1. The standard InChI is InChI=1S/C15H14N4O2/c16-10-19-7-6-12(9-19)17-15(20)14-8-13(18-21-14)11-4-2-1-3-5-11/h1-5,8,12H,6-7,9H2,(H,17,20)/t12-/m1/s1. The Morgan fingerprint density at radius 2 is 2.24 bits per heavy atom. The zero-order valence-corrected chi connectivity index (χ0v) is 11.3. The van der Waals surface area contributed by atoms with E-state index < -0.39 is 0 Å². The minimum atomic E-state index is -0.297. The van der Waals surface area contributed by atoms with Crippen molar-refractivity contribution in [2.24, 2.45) is 0 Å². The Kier molecular flexibility index (Phi) is 3.56. The molecule has 1 atom stereocenters. The molecular weight excluding hydrogens is 268 g/mol. The van der Waals surface area contributed by atoms with Gasteiger partial charge in [0.15, 0.2) is 6.19 Å². The van der Waals surface area contributed by atoms with E-state index in [2.05, 4.69) is 16.7 Å². The molecule has 106 valence electrons. The molecule has 0 saturated carbocycles. The van der Waals surface area contributed by atoms with Crippen LogP contribution < -0.4 is 5.32 Å². The third-order valence-electron chi connectivity index (χ3n) is 3.47. The number of carbonyl (C=O) groups excluding carboxylic acids is 1. The lowest BCUT2D eigenvalue weighted by Gasteiger charge is -2.10. The molecule has 0 radical (unpaired) electrons. The quantitative estimate of drug-likeness (QED) is 0.865. The van der Waals surface area contributed by atoms with Crippen molar-refractivity contribution in [3.63, 3.8) is 0 Å². The average Bonchev–Trinajstić information content (AvgIpc) is 3.17. The van der Waals surface area contributed by atoms with Crippen LogP contribution in [-0.4, -0.2) is 35.1 Å². The van der Waals surface area contributed by atoms with Crippen LogP contribution in [0.3, 0.4) is 0 Å². The lowest BCUT2D eigenvalue weighted by atomic mass is 10.1. The van der Waals surface area contributed by atoms with Gasteiger partial charge in [-0.1, -0.05) is 35.5 Å². The molecule has 2 aromatic rings. The first-order chi connectivity index (χ1) is 10.3. The Morgan fingerprint density at radius 1 is 1.43 bits per heavy atom. The van der Waals surface area contributed by atoms with Gasteiger partial charge in [-0.15, -0.1) is 0 Å². The first-order valence-corrected chi connectivity index (χ1v) is 6.74. The summed E-state index contributed by atoms with van der Waals surface area (Å²) in [5.41, 5.74) is 1.53. The Balaban J connectivity index is 1.67. The van der Waals surface area contributed by atoms with Crippen LogP contribution in [0.25, 0.3) is 11.3 Å². The number of nitrogens with one attached hydrogen (secondary N) is 1. The number of likely N-dealkylation sites (tertiary alicyclic amines) is 1. The highest BCUT2D eigenvalue weighted by molar-refractivity contribution is 5.92. The summed E-state index contributed by atoms with van der Waals surface area (Å²) in [6.45, 7) is 1.22. The van der Waals surface area contributed by atoms with Crippen molar-refractivity contribution in [2.45, 2.75) is 12.5 Å². The SMILES string of the molecule is N#CN1CC[C@@H](NC(=O)c2cc(-c3ccccc3)no2)C1. The van der Waals surface area contributed by atoms with Gasteiger partial charge < -0.3 is 14.7 Å². The van der Waals surface area contributed by atoms with Gasteiger partial charge in [-0.2, -0.15) is 5.26 Å². The molecule has 1 aliphatic rings. The van der Waals surface area contributed by atoms with Crippen molar-refractivity contribution in [1.29, 1.82) is 5.26 Å². The van der Waals surface area contributed by atoms with Gasteiger partial charge in [0.05, 0.1) is 0 Å². The first kappa shape index (κ1) is 13.2. The second kappa shape index (κ2) is 5.67. The molecular formula is C15H14N4O2. The van der Waals surface area contributed by atoms with Crippen LogP contribution in [0.1, 0.15) is 17.0 Å². The fraction of sp³-hybridized carbons (Fsp3) is 0.267. The molecule has 0 unspecified atom stereocenters. The van der Waals surface area contributed by atoms with Gasteiger partial charge in [0.1, 0.15) is 5.69 Å². The van der Waals surface area contributed by atoms with Crippen LogP contribution in [0.4, 0.5) is 0 Å². The summed E-state index contributed by atoms with van der Waals surface area (Å²) in [5.74, 6) is -0.112. The van der Waals surface area contributed by atoms with Crippen LogP contribution in [0, 0.1) is 11.5 Å². The normalized spacial score (nSPS) is 17.5. The van der Waals surface area contributed by atoms with Gasteiger partial charge in [0, 0.05) is 30.8 Å². The van der Waals surface area contributed by atoms with Gasteiger partial charge in [-0.05, 0) is 6.42 Å². The Bertz CT molecular complexity index is 674. The van der Waals surface area contributed by atoms with E-state index in [4.69, 9.17) is 9.78 Å². The van der Waals surface area contributed by atoms with Crippen LogP contribution in [0.2, 0.25) is 0 Å². The number of carbonyl (C=O) groups is 1. The molecule has 0 bridgehead atoms. The molecule has 0 aliphatic carbocycles. The van der Waals surface area contributed by atoms with Gasteiger partial charge in [0.2, 0.25) is 5.76 Å². The maximum Gasteiger partial charge on any atom is 0.290 e. The van der Waals surface area contributed by atoms with E-state index in [0.717, 1.165) is 12.0 Å². The number of amides is 1. The molecule has 1 amide bonds. The summed E-state index contributed by atoms with van der Waals surface area (Å²) in [6, 6.07) is 11.1. The van der Waals surface area contributed by atoms with E-state index in [1.807, 2.05) is 30.3 Å². The molecule has 1 N–H and O–H groups in total. The van der Waals surface area contributed by atoms with Crippen LogP contribution in [-0.2, 0) is 0 Å². The predicted molar refractivity (Wildman–Crippen MR) is 75.0 cm³/mol. The number of rotatable bonds is 3. The summed E-state index contributed by atoms with van der Waals surface area (Å²) in [7, 11) is 0. The monoisotopic (exact) mass is 282 g/mol. The zero-order valence-electron chi connectivity index (χ0n) is 11.3. The first-order valence-electron chi connectivity index (χ1n) is 6.74. The summed E-state index contributed by atoms with van der Waals surface area (Å²) < 4.78 is 5.10. The molecule has 1 saturated heterocycles. The minimum Gasteiger partial charge on any atom is -0.350 e. The number of hydrogen-bond acceptors (Lipinski definition) is 5. The molecule has 1 aromatic carbocycles. The predicted octanol–water partition coefficient (Wildman–Crippen LogP) is 1.63. The van der Waals surface area contributed by atoms with Crippen molar-refractivity contribution in [3.05, 3.63) is 42.2 Å². The second-order valence-corrected chi connectivity index (χ2v) is 4.95. The Morgan fingerprint density at radius 3 is 2.95 bits per heavy atom. The van der Waals surface area contributed by atoms with Gasteiger partial charge in [-0.3, -0.25) is 4.79 Å². The Hall–Kier alpha value is -2.81. The lowest BCUT2D eigenvalue weighted by Crippen LogP contribution is -2.36. The number of hydrogen-bond donors (Lipinski definition) is 1. The van der Waals surface area contributed by atoms with E-state index in [-0.39, 0.29) is 17.7 Å². The van der Waals surface area contributed by atoms with E-state index >= 15 is 0 Å². The number of benzene rings is 1. The largest absolute Gasteiger partial charge is 0.350 e. The molecule has 0 spiro atoms. The summed E-state index contributed by atoms with van der Waals surface area (Å²) >= 11 is 0.